The number of ketones is 2. The Kier molecular flexibility index (Phi) is 33.4. The fourth-order valence-electron chi connectivity index (χ4n) is 5.11. The van der Waals surface area contributed by atoms with Gasteiger partial charge in [-0.1, -0.05) is 77.0 Å². The lowest BCUT2D eigenvalue weighted by atomic mass is 10.0. The van der Waals surface area contributed by atoms with Crippen LogP contribution in [0.1, 0.15) is 123 Å². The van der Waals surface area contributed by atoms with E-state index in [1.807, 2.05) is 0 Å². The number of hydrogen-bond donors (Lipinski definition) is 3. The first-order chi connectivity index (χ1) is 24.6. The first kappa shape index (κ1) is 48.1. The molecule has 3 amide bonds. The van der Waals surface area contributed by atoms with Crippen LogP contribution < -0.4 is 10.6 Å². The van der Waals surface area contributed by atoms with E-state index in [1.165, 1.54) is 63.2 Å². The minimum atomic E-state index is -1.11. The number of amides is 3. The standard InChI is InChI=1S/C37H67N3O11/c1-32(41)17-15-13-11-9-7-5-3-4-6-8-10-12-14-16-18-36(45)40(29-37(46)47)22-19-34(43)38-20-23-48-26-28-51-31-35(44)39-21-24-49-25-27-50-30-33(2)42/h3-31H2,1-2H3,(H,38,43)(H,39,44)(H,46,47). The van der Waals surface area contributed by atoms with Gasteiger partial charge >= 0.3 is 5.97 Å². The molecule has 296 valence electrons. The highest BCUT2D eigenvalue weighted by Crippen LogP contribution is 2.14. The first-order valence-corrected chi connectivity index (χ1v) is 18.9. The number of rotatable bonds is 38. The summed E-state index contributed by atoms with van der Waals surface area (Å²) in [5.74, 6) is -1.72. The number of carboxylic acids is 1. The van der Waals surface area contributed by atoms with E-state index in [0.29, 0.717) is 39.2 Å². The molecule has 0 bridgehead atoms. The van der Waals surface area contributed by atoms with E-state index in [-0.39, 0.29) is 88.3 Å². The molecule has 51 heavy (non-hydrogen) atoms. The van der Waals surface area contributed by atoms with E-state index in [9.17, 15) is 33.9 Å². The highest BCUT2D eigenvalue weighted by molar-refractivity contribution is 5.82. The van der Waals surface area contributed by atoms with E-state index in [0.717, 1.165) is 32.1 Å². The second-order valence-electron chi connectivity index (χ2n) is 12.8. The maximum absolute atomic E-state index is 12.6. The van der Waals surface area contributed by atoms with Gasteiger partial charge in [0.25, 0.3) is 0 Å². The van der Waals surface area contributed by atoms with Crippen LogP contribution in [0.2, 0.25) is 0 Å². The van der Waals surface area contributed by atoms with Gasteiger partial charge in [-0.25, -0.2) is 0 Å². The second kappa shape index (κ2) is 35.5. The molecule has 14 heteroatoms. The van der Waals surface area contributed by atoms with Crippen molar-refractivity contribution in [3.8, 4) is 0 Å². The lowest BCUT2D eigenvalue weighted by Gasteiger charge is -2.20. The number of ether oxygens (including phenoxy) is 4. The van der Waals surface area contributed by atoms with Crippen LogP contribution in [0.5, 0.6) is 0 Å². The summed E-state index contributed by atoms with van der Waals surface area (Å²) in [4.78, 5) is 70.8. The number of carboxylic acid groups (broad SMARTS) is 1. The average Bonchev–Trinajstić information content (AvgIpc) is 3.08. The molecule has 0 atom stereocenters. The number of nitrogens with zero attached hydrogens (tertiary/aromatic N) is 1. The predicted molar refractivity (Wildman–Crippen MR) is 193 cm³/mol. The van der Waals surface area contributed by atoms with Crippen LogP contribution in [0.4, 0.5) is 0 Å². The van der Waals surface area contributed by atoms with E-state index >= 15 is 0 Å². The van der Waals surface area contributed by atoms with Gasteiger partial charge in [-0.2, -0.15) is 0 Å². The summed E-state index contributed by atoms with van der Waals surface area (Å²) in [6, 6.07) is 0. The van der Waals surface area contributed by atoms with Gasteiger partial charge in [0.2, 0.25) is 17.7 Å². The van der Waals surface area contributed by atoms with Crippen molar-refractivity contribution in [1.82, 2.24) is 15.5 Å². The second-order valence-corrected chi connectivity index (χ2v) is 12.8. The summed E-state index contributed by atoms with van der Waals surface area (Å²) < 4.78 is 21.0. The number of carbonyl (C=O) groups is 6. The highest BCUT2D eigenvalue weighted by Gasteiger charge is 2.17. The van der Waals surface area contributed by atoms with Crippen molar-refractivity contribution >= 4 is 35.3 Å². The Morgan fingerprint density at radius 1 is 0.490 bits per heavy atom. The summed E-state index contributed by atoms with van der Waals surface area (Å²) in [6.07, 6.45) is 17.0. The van der Waals surface area contributed by atoms with Gasteiger partial charge in [0, 0.05) is 38.9 Å². The largest absolute Gasteiger partial charge is 0.480 e. The predicted octanol–water partition coefficient (Wildman–Crippen LogP) is 4.01. The van der Waals surface area contributed by atoms with Gasteiger partial charge in [0.05, 0.1) is 39.6 Å². The molecular weight excluding hydrogens is 662 g/mol. The Morgan fingerprint density at radius 2 is 0.922 bits per heavy atom. The number of carbonyl (C=O) groups excluding carboxylic acids is 5. The van der Waals surface area contributed by atoms with E-state index < -0.39 is 12.5 Å². The number of unbranched alkanes of at least 4 members (excludes halogenated alkanes) is 13. The lowest BCUT2D eigenvalue weighted by molar-refractivity contribution is -0.145. The summed E-state index contributed by atoms with van der Waals surface area (Å²) in [6.45, 7) is 4.83. The molecule has 0 aliphatic heterocycles. The molecule has 0 saturated heterocycles. The van der Waals surface area contributed by atoms with E-state index in [2.05, 4.69) is 10.6 Å². The highest BCUT2D eigenvalue weighted by atomic mass is 16.5. The SMILES string of the molecule is CC(=O)CCCCCCCCCCCCCCCCC(=O)N(CCC(=O)NCCOCCOCC(=O)NCCOCCOCC(C)=O)CC(=O)O. The normalized spacial score (nSPS) is 10.9. The van der Waals surface area contributed by atoms with Crippen molar-refractivity contribution < 1.29 is 52.8 Å². The third-order valence-electron chi connectivity index (χ3n) is 7.88. The van der Waals surface area contributed by atoms with Crippen LogP contribution >= 0.6 is 0 Å². The van der Waals surface area contributed by atoms with Gasteiger partial charge < -0.3 is 44.4 Å². The van der Waals surface area contributed by atoms with Gasteiger partial charge in [-0.15, -0.1) is 0 Å². The molecule has 3 N–H and O–H groups in total. The number of nitrogens with one attached hydrogen (secondary N) is 2. The van der Waals surface area contributed by atoms with Crippen molar-refractivity contribution in [2.24, 2.45) is 0 Å². The first-order valence-electron chi connectivity index (χ1n) is 18.9. The molecule has 0 aromatic carbocycles. The fraction of sp³-hybridized carbons (Fsp3) is 0.838. The molecule has 0 saturated carbocycles. The van der Waals surface area contributed by atoms with Crippen molar-refractivity contribution in [2.45, 2.75) is 123 Å². The van der Waals surface area contributed by atoms with Crippen molar-refractivity contribution in [2.75, 3.05) is 79.0 Å². The number of aliphatic carboxylic acids is 1. The van der Waals surface area contributed by atoms with Crippen molar-refractivity contribution in [3.63, 3.8) is 0 Å². The van der Waals surface area contributed by atoms with Gasteiger partial charge in [-0.05, 0) is 26.7 Å². The van der Waals surface area contributed by atoms with Crippen molar-refractivity contribution in [3.05, 3.63) is 0 Å². The minimum Gasteiger partial charge on any atom is -0.480 e. The summed E-state index contributed by atoms with van der Waals surface area (Å²) in [7, 11) is 0. The maximum Gasteiger partial charge on any atom is 0.323 e. The molecule has 0 rings (SSSR count). The Morgan fingerprint density at radius 3 is 1.39 bits per heavy atom. The molecule has 14 nitrogen and oxygen atoms in total. The van der Waals surface area contributed by atoms with E-state index in [1.54, 1.807) is 6.92 Å². The Balaban J connectivity index is 3.76. The number of hydrogen-bond acceptors (Lipinski definition) is 10. The molecule has 0 fully saturated rings. The number of Topliss-reactive ketones (excluding diaryl/α,β-unsaturated/α-hetero) is 2. The van der Waals surface area contributed by atoms with Crippen LogP contribution in [0, 0.1) is 0 Å². The van der Waals surface area contributed by atoms with Crippen LogP contribution in [-0.4, -0.2) is 124 Å². The van der Waals surface area contributed by atoms with Crippen LogP contribution in [0.15, 0.2) is 0 Å². The summed E-state index contributed by atoms with van der Waals surface area (Å²) in [5.41, 5.74) is 0. The topological polar surface area (TPSA) is 187 Å². The summed E-state index contributed by atoms with van der Waals surface area (Å²) >= 11 is 0. The fourth-order valence-corrected chi connectivity index (χ4v) is 5.11. The Bertz CT molecular complexity index is 949. The van der Waals surface area contributed by atoms with Crippen LogP contribution in [0.25, 0.3) is 0 Å². The molecule has 0 spiro atoms. The average molecular weight is 730 g/mol. The molecule has 0 aromatic rings. The summed E-state index contributed by atoms with van der Waals surface area (Å²) in [5, 5.41) is 14.6. The third kappa shape index (κ3) is 36.6. The smallest absolute Gasteiger partial charge is 0.323 e. The molecule has 0 unspecified atom stereocenters. The molecular formula is C37H67N3O11. The zero-order chi connectivity index (χ0) is 37.8. The van der Waals surface area contributed by atoms with Crippen LogP contribution in [-0.2, 0) is 47.7 Å². The van der Waals surface area contributed by atoms with Gasteiger partial charge in [0.1, 0.15) is 25.5 Å². The molecule has 0 heterocycles. The van der Waals surface area contributed by atoms with Crippen LogP contribution in [0.3, 0.4) is 0 Å². The van der Waals surface area contributed by atoms with Crippen molar-refractivity contribution in [1.29, 1.82) is 0 Å². The van der Waals surface area contributed by atoms with Gasteiger partial charge in [-0.3, -0.25) is 24.0 Å². The molecule has 0 aliphatic carbocycles. The zero-order valence-corrected chi connectivity index (χ0v) is 31.5. The monoisotopic (exact) mass is 729 g/mol. The third-order valence-corrected chi connectivity index (χ3v) is 7.88. The van der Waals surface area contributed by atoms with Gasteiger partial charge in [0.15, 0.2) is 5.78 Å². The Hall–Kier alpha value is -2.94. The zero-order valence-electron chi connectivity index (χ0n) is 31.5. The molecule has 0 radical (unpaired) electrons. The molecule has 0 aromatic heterocycles. The quantitative estimate of drug-likeness (QED) is 0.0780. The maximum atomic E-state index is 12.6. The molecule has 0 aliphatic rings. The minimum absolute atomic E-state index is 0.00293. The van der Waals surface area contributed by atoms with E-state index in [4.69, 9.17) is 18.9 Å². The lowest BCUT2D eigenvalue weighted by Crippen LogP contribution is -2.39. The Labute approximate surface area is 305 Å².